The van der Waals surface area contributed by atoms with E-state index in [2.05, 4.69) is 9.98 Å². The average molecular weight is 194 g/mol. The molecule has 0 spiro atoms. The lowest BCUT2D eigenvalue weighted by Crippen LogP contribution is -1.97. The van der Waals surface area contributed by atoms with E-state index < -0.39 is 5.97 Å². The van der Waals surface area contributed by atoms with Gasteiger partial charge in [0.2, 0.25) is 0 Å². The molecule has 0 aromatic rings. The summed E-state index contributed by atoms with van der Waals surface area (Å²) in [4.78, 5) is 18.4. The molecule has 0 amide bonds. The van der Waals surface area contributed by atoms with Crippen molar-refractivity contribution in [2.45, 2.75) is 0 Å². The number of carboxylic acids is 1. The average Bonchev–Trinajstić information content (AvgIpc) is 2.44. The second-order valence-corrected chi connectivity index (χ2v) is 3.49. The third-order valence-electron chi connectivity index (χ3n) is 1.64. The maximum atomic E-state index is 10.5. The van der Waals surface area contributed by atoms with Gasteiger partial charge in [-0.2, -0.15) is 0 Å². The van der Waals surface area contributed by atoms with Crippen LogP contribution in [-0.4, -0.2) is 28.1 Å². The minimum absolute atomic E-state index is 0.0246. The van der Waals surface area contributed by atoms with Crippen LogP contribution in [0.15, 0.2) is 33.5 Å². The van der Waals surface area contributed by atoms with Crippen LogP contribution in [0.2, 0.25) is 0 Å². The van der Waals surface area contributed by atoms with Gasteiger partial charge >= 0.3 is 5.97 Å². The molecule has 0 atom stereocenters. The largest absolute Gasteiger partial charge is 0.476 e. The fraction of sp³-hybridized carbons (Fsp3) is 0.125. The van der Waals surface area contributed by atoms with Gasteiger partial charge in [-0.1, -0.05) is 6.08 Å². The Hall–Kier alpha value is -1.36. The number of aliphatic carboxylic acids is 1. The van der Waals surface area contributed by atoms with Crippen LogP contribution in [0.25, 0.3) is 0 Å². The summed E-state index contributed by atoms with van der Waals surface area (Å²) in [6, 6.07) is 0. The molecule has 0 radical (unpaired) electrons. The van der Waals surface area contributed by atoms with Gasteiger partial charge in [-0.15, -0.1) is 11.8 Å². The van der Waals surface area contributed by atoms with E-state index in [1.165, 1.54) is 6.20 Å². The first kappa shape index (κ1) is 8.25. The van der Waals surface area contributed by atoms with E-state index in [0.29, 0.717) is 0 Å². The van der Waals surface area contributed by atoms with Crippen molar-refractivity contribution in [1.29, 1.82) is 0 Å². The van der Waals surface area contributed by atoms with Crippen LogP contribution in [0.5, 0.6) is 0 Å². The molecule has 1 N–H and O–H groups in total. The van der Waals surface area contributed by atoms with Crippen LogP contribution < -0.4 is 0 Å². The minimum atomic E-state index is -1.05. The number of rotatable bonds is 1. The van der Waals surface area contributed by atoms with Crippen molar-refractivity contribution in [3.05, 3.63) is 23.5 Å². The van der Waals surface area contributed by atoms with Crippen LogP contribution in [-0.2, 0) is 4.79 Å². The molecule has 2 aliphatic rings. The summed E-state index contributed by atoms with van der Waals surface area (Å²) >= 11 is 1.58. The zero-order chi connectivity index (χ0) is 9.26. The normalized spacial score (nSPS) is 19.8. The second kappa shape index (κ2) is 3.18. The molecular weight excluding hydrogens is 188 g/mol. The molecule has 0 aliphatic carbocycles. The van der Waals surface area contributed by atoms with E-state index in [0.717, 1.165) is 16.4 Å². The van der Waals surface area contributed by atoms with Crippen LogP contribution in [0.1, 0.15) is 0 Å². The predicted octanol–water partition coefficient (Wildman–Crippen LogP) is 1.07. The summed E-state index contributed by atoms with van der Waals surface area (Å²) in [7, 11) is 0. The standard InChI is InChI=1S/C8H6N2O2S/c11-8(12)6-4-10-7-5(3-9-6)1-2-13-7/h1,3-4H,2H2,(H,11,12). The molecule has 0 saturated carbocycles. The van der Waals surface area contributed by atoms with E-state index in [-0.39, 0.29) is 5.70 Å². The van der Waals surface area contributed by atoms with Crippen molar-refractivity contribution in [1.82, 2.24) is 0 Å². The van der Waals surface area contributed by atoms with Crippen LogP contribution in [0, 0.1) is 0 Å². The number of carbonyl (C=O) groups is 1. The molecule has 2 rings (SSSR count). The highest BCUT2D eigenvalue weighted by molar-refractivity contribution is 8.15. The number of nitrogens with zero attached hydrogens (tertiary/aromatic N) is 2. The summed E-state index contributed by atoms with van der Waals surface area (Å²) in [5, 5.41) is 9.50. The number of aliphatic imine (C=N–C) groups is 2. The monoisotopic (exact) mass is 194 g/mol. The Morgan fingerprint density at radius 3 is 3.23 bits per heavy atom. The van der Waals surface area contributed by atoms with Crippen LogP contribution in [0.3, 0.4) is 0 Å². The molecule has 0 fully saturated rings. The highest BCUT2D eigenvalue weighted by Crippen LogP contribution is 2.22. The Morgan fingerprint density at radius 1 is 1.62 bits per heavy atom. The maximum Gasteiger partial charge on any atom is 0.356 e. The molecule has 0 unspecified atom stereocenters. The fourth-order valence-electron chi connectivity index (χ4n) is 1.00. The Labute approximate surface area is 78.8 Å². The Balaban J connectivity index is 2.37. The van der Waals surface area contributed by atoms with Gasteiger partial charge < -0.3 is 5.11 Å². The molecule has 0 aromatic carbocycles. The number of hydrogen-bond acceptors (Lipinski definition) is 4. The predicted molar refractivity (Wildman–Crippen MR) is 52.2 cm³/mol. The van der Waals surface area contributed by atoms with Crippen molar-refractivity contribution in [3.63, 3.8) is 0 Å². The summed E-state index contributed by atoms with van der Waals surface area (Å²) < 4.78 is 0. The van der Waals surface area contributed by atoms with Gasteiger partial charge in [0.05, 0.1) is 6.20 Å². The summed E-state index contributed by atoms with van der Waals surface area (Å²) in [6.45, 7) is 0. The van der Waals surface area contributed by atoms with Gasteiger partial charge in [-0.05, 0) is 0 Å². The summed E-state index contributed by atoms with van der Waals surface area (Å²) in [5.74, 6) is -0.164. The summed E-state index contributed by atoms with van der Waals surface area (Å²) in [5.41, 5.74) is 0.890. The molecule has 2 aliphatic heterocycles. The van der Waals surface area contributed by atoms with E-state index in [1.54, 1.807) is 18.0 Å². The van der Waals surface area contributed by atoms with Crippen LogP contribution >= 0.6 is 11.8 Å². The Kier molecular flexibility index (Phi) is 2.02. The minimum Gasteiger partial charge on any atom is -0.476 e. The van der Waals surface area contributed by atoms with E-state index >= 15 is 0 Å². The number of fused-ring (bicyclic) bond motifs is 1. The van der Waals surface area contributed by atoms with Gasteiger partial charge in [0, 0.05) is 17.5 Å². The lowest BCUT2D eigenvalue weighted by atomic mass is 10.3. The third-order valence-corrected chi connectivity index (χ3v) is 2.58. The maximum absolute atomic E-state index is 10.5. The van der Waals surface area contributed by atoms with Gasteiger partial charge in [0.1, 0.15) is 5.04 Å². The molecule has 5 heteroatoms. The summed E-state index contributed by atoms with van der Waals surface area (Å²) in [6.07, 6.45) is 4.81. The van der Waals surface area contributed by atoms with Crippen molar-refractivity contribution >= 4 is 29.0 Å². The SMILES string of the molecule is O=C(O)C1=CN=C2SCC=C2C=N1. The first-order chi connectivity index (χ1) is 6.27. The van der Waals surface area contributed by atoms with Crippen molar-refractivity contribution in [3.8, 4) is 0 Å². The van der Waals surface area contributed by atoms with E-state index in [1.807, 2.05) is 6.08 Å². The Bertz CT molecular complexity index is 380. The molecule has 4 nitrogen and oxygen atoms in total. The van der Waals surface area contributed by atoms with Crippen molar-refractivity contribution in [2.24, 2.45) is 9.98 Å². The molecule has 66 valence electrons. The highest BCUT2D eigenvalue weighted by Gasteiger charge is 2.15. The number of thioether (sulfide) groups is 1. The first-order valence-corrected chi connectivity index (χ1v) is 4.64. The molecule has 13 heavy (non-hydrogen) atoms. The topological polar surface area (TPSA) is 62.0 Å². The number of hydrogen-bond donors (Lipinski definition) is 1. The van der Waals surface area contributed by atoms with Gasteiger partial charge in [-0.3, -0.25) is 0 Å². The second-order valence-electron chi connectivity index (χ2n) is 2.48. The quantitative estimate of drug-likeness (QED) is 0.679. The zero-order valence-corrected chi connectivity index (χ0v) is 7.41. The molecule has 0 aromatic heterocycles. The number of carboxylic acid groups (broad SMARTS) is 1. The lowest BCUT2D eigenvalue weighted by Gasteiger charge is -1.90. The van der Waals surface area contributed by atoms with Gasteiger partial charge in [0.15, 0.2) is 5.70 Å². The lowest BCUT2D eigenvalue weighted by molar-refractivity contribution is -0.132. The van der Waals surface area contributed by atoms with Gasteiger partial charge in [-0.25, -0.2) is 14.8 Å². The molecular formula is C8H6N2O2S. The molecule has 0 saturated heterocycles. The molecule has 2 heterocycles. The first-order valence-electron chi connectivity index (χ1n) is 3.66. The van der Waals surface area contributed by atoms with E-state index in [9.17, 15) is 4.79 Å². The van der Waals surface area contributed by atoms with Gasteiger partial charge in [0.25, 0.3) is 0 Å². The molecule has 0 bridgehead atoms. The Morgan fingerprint density at radius 2 is 2.46 bits per heavy atom. The smallest absolute Gasteiger partial charge is 0.356 e. The van der Waals surface area contributed by atoms with Crippen molar-refractivity contribution in [2.75, 3.05) is 5.75 Å². The van der Waals surface area contributed by atoms with E-state index in [4.69, 9.17) is 5.11 Å². The van der Waals surface area contributed by atoms with Crippen LogP contribution in [0.4, 0.5) is 0 Å². The fourth-order valence-corrected chi connectivity index (χ4v) is 1.85. The zero-order valence-electron chi connectivity index (χ0n) is 6.60. The highest BCUT2D eigenvalue weighted by atomic mass is 32.2. The third kappa shape index (κ3) is 1.55. The van der Waals surface area contributed by atoms with Crippen molar-refractivity contribution < 1.29 is 9.90 Å².